The zero-order chi connectivity index (χ0) is 13.1. The van der Waals surface area contributed by atoms with Crippen molar-refractivity contribution in [2.75, 3.05) is 23.5 Å². The van der Waals surface area contributed by atoms with Crippen LogP contribution in [0.1, 0.15) is 22.3 Å². The van der Waals surface area contributed by atoms with E-state index in [-0.39, 0.29) is 11.5 Å². The van der Waals surface area contributed by atoms with Crippen LogP contribution in [0.2, 0.25) is 0 Å². The summed E-state index contributed by atoms with van der Waals surface area (Å²) in [7, 11) is 0. The van der Waals surface area contributed by atoms with Gasteiger partial charge in [-0.25, -0.2) is 4.79 Å². The molecule has 0 saturated carbocycles. The van der Waals surface area contributed by atoms with E-state index in [2.05, 4.69) is 0 Å². The molecule has 2 rings (SSSR count). The number of fused-ring (bicyclic) bond motifs is 1. The molecule has 18 heavy (non-hydrogen) atoms. The van der Waals surface area contributed by atoms with Gasteiger partial charge >= 0.3 is 5.97 Å². The Morgan fingerprint density at radius 2 is 2.28 bits per heavy atom. The van der Waals surface area contributed by atoms with E-state index in [4.69, 9.17) is 5.11 Å². The van der Waals surface area contributed by atoms with E-state index in [0.29, 0.717) is 13.0 Å². The first-order chi connectivity index (χ1) is 8.63. The van der Waals surface area contributed by atoms with E-state index in [0.717, 1.165) is 23.4 Å². The Kier molecular flexibility index (Phi) is 3.91. The minimum Gasteiger partial charge on any atom is -0.478 e. The molecule has 1 heterocycles. The van der Waals surface area contributed by atoms with Crippen LogP contribution in [0.15, 0.2) is 18.2 Å². The van der Waals surface area contributed by atoms with Gasteiger partial charge < -0.3 is 10.0 Å². The fourth-order valence-corrected chi connectivity index (χ4v) is 2.55. The molecule has 4 nitrogen and oxygen atoms in total. The van der Waals surface area contributed by atoms with Crippen LogP contribution < -0.4 is 4.90 Å². The van der Waals surface area contributed by atoms with Crippen molar-refractivity contribution in [3.05, 3.63) is 29.3 Å². The van der Waals surface area contributed by atoms with E-state index in [1.54, 1.807) is 34.9 Å². The third kappa shape index (κ3) is 2.51. The number of rotatable bonds is 5. The Hall–Kier alpha value is -1.49. The fraction of sp³-hybridized carbons (Fsp3) is 0.385. The van der Waals surface area contributed by atoms with Gasteiger partial charge in [-0.05, 0) is 42.2 Å². The predicted octanol–water partition coefficient (Wildman–Crippen LogP) is 2.03. The first kappa shape index (κ1) is 13.0. The Bertz CT molecular complexity index is 487. The van der Waals surface area contributed by atoms with E-state index in [1.807, 2.05) is 6.26 Å². The van der Waals surface area contributed by atoms with Crippen molar-refractivity contribution >= 4 is 29.3 Å². The average molecular weight is 265 g/mol. The summed E-state index contributed by atoms with van der Waals surface area (Å²) in [5, 5.41) is 8.92. The van der Waals surface area contributed by atoms with Crippen molar-refractivity contribution in [1.82, 2.24) is 0 Å². The van der Waals surface area contributed by atoms with Crippen LogP contribution in [0.4, 0.5) is 5.69 Å². The first-order valence-corrected chi connectivity index (χ1v) is 7.18. The molecule has 0 spiro atoms. The summed E-state index contributed by atoms with van der Waals surface area (Å²) in [6.45, 7) is 0.707. The summed E-state index contributed by atoms with van der Waals surface area (Å²) in [5.41, 5.74) is 1.93. The summed E-state index contributed by atoms with van der Waals surface area (Å²) in [4.78, 5) is 24.5. The van der Waals surface area contributed by atoms with Crippen molar-refractivity contribution in [3.63, 3.8) is 0 Å². The highest BCUT2D eigenvalue weighted by Gasteiger charge is 2.27. The molecule has 0 bridgehead atoms. The minimum absolute atomic E-state index is 0.0636. The molecular weight excluding hydrogens is 250 g/mol. The van der Waals surface area contributed by atoms with Gasteiger partial charge in [0.15, 0.2) is 0 Å². The SMILES string of the molecule is CSCCCN1C(=O)Cc2cc(C(=O)O)ccc21. The maximum absolute atomic E-state index is 11.9. The number of carbonyl (C=O) groups excluding carboxylic acids is 1. The largest absolute Gasteiger partial charge is 0.478 e. The number of benzene rings is 1. The quantitative estimate of drug-likeness (QED) is 0.828. The molecule has 1 aromatic carbocycles. The van der Waals surface area contributed by atoms with Crippen LogP contribution in [-0.2, 0) is 11.2 Å². The lowest BCUT2D eigenvalue weighted by Crippen LogP contribution is -2.28. The number of anilines is 1. The van der Waals surface area contributed by atoms with Crippen LogP contribution in [-0.4, -0.2) is 35.5 Å². The molecule has 0 saturated heterocycles. The van der Waals surface area contributed by atoms with Gasteiger partial charge in [-0.2, -0.15) is 11.8 Å². The molecule has 1 aromatic rings. The highest BCUT2D eigenvalue weighted by Crippen LogP contribution is 2.29. The Morgan fingerprint density at radius 1 is 1.50 bits per heavy atom. The second kappa shape index (κ2) is 5.44. The van der Waals surface area contributed by atoms with Crippen molar-refractivity contribution in [2.24, 2.45) is 0 Å². The van der Waals surface area contributed by atoms with Crippen molar-refractivity contribution in [2.45, 2.75) is 12.8 Å². The monoisotopic (exact) mass is 265 g/mol. The Balaban J connectivity index is 2.18. The van der Waals surface area contributed by atoms with Gasteiger partial charge in [0.05, 0.1) is 12.0 Å². The summed E-state index contributed by atoms with van der Waals surface area (Å²) in [5.74, 6) is 0.131. The molecule has 0 radical (unpaired) electrons. The standard InChI is InChI=1S/C13H15NO3S/c1-18-6-2-5-14-11-4-3-9(13(16)17)7-10(11)8-12(14)15/h3-4,7H,2,5-6,8H2,1H3,(H,16,17). The lowest BCUT2D eigenvalue weighted by molar-refractivity contribution is -0.117. The van der Waals surface area contributed by atoms with Crippen LogP contribution in [0.3, 0.4) is 0 Å². The van der Waals surface area contributed by atoms with E-state index in [9.17, 15) is 9.59 Å². The number of nitrogens with zero attached hydrogens (tertiary/aromatic N) is 1. The normalized spacial score (nSPS) is 13.8. The fourth-order valence-electron chi connectivity index (χ4n) is 2.13. The molecule has 1 aliphatic heterocycles. The number of hydrogen-bond acceptors (Lipinski definition) is 3. The maximum Gasteiger partial charge on any atom is 0.335 e. The van der Waals surface area contributed by atoms with Crippen LogP contribution >= 0.6 is 11.8 Å². The summed E-state index contributed by atoms with van der Waals surface area (Å²) in [6, 6.07) is 4.90. The van der Waals surface area contributed by atoms with Gasteiger partial charge in [0.1, 0.15) is 0 Å². The van der Waals surface area contributed by atoms with Gasteiger partial charge in [0, 0.05) is 12.2 Å². The van der Waals surface area contributed by atoms with Crippen molar-refractivity contribution in [3.8, 4) is 0 Å². The molecule has 96 valence electrons. The molecule has 1 aliphatic rings. The molecule has 0 unspecified atom stereocenters. The summed E-state index contributed by atoms with van der Waals surface area (Å²) < 4.78 is 0. The molecule has 0 atom stereocenters. The molecule has 0 aliphatic carbocycles. The van der Waals surface area contributed by atoms with Gasteiger partial charge in [-0.1, -0.05) is 0 Å². The molecule has 0 fully saturated rings. The number of carboxylic acids is 1. The third-order valence-corrected chi connectivity index (χ3v) is 3.69. The van der Waals surface area contributed by atoms with Crippen LogP contribution in [0, 0.1) is 0 Å². The van der Waals surface area contributed by atoms with E-state index >= 15 is 0 Å². The van der Waals surface area contributed by atoms with Gasteiger partial charge in [0.25, 0.3) is 0 Å². The van der Waals surface area contributed by atoms with Gasteiger partial charge in [-0.15, -0.1) is 0 Å². The highest BCUT2D eigenvalue weighted by molar-refractivity contribution is 7.98. The molecule has 1 N–H and O–H groups in total. The zero-order valence-electron chi connectivity index (χ0n) is 10.2. The first-order valence-electron chi connectivity index (χ1n) is 5.79. The topological polar surface area (TPSA) is 57.6 Å². The Labute approximate surface area is 110 Å². The number of amides is 1. The number of carboxylic acid groups (broad SMARTS) is 1. The smallest absolute Gasteiger partial charge is 0.335 e. The lowest BCUT2D eigenvalue weighted by atomic mass is 10.1. The molecule has 5 heteroatoms. The van der Waals surface area contributed by atoms with Gasteiger partial charge in [-0.3, -0.25) is 4.79 Å². The molecular formula is C13H15NO3S. The zero-order valence-corrected chi connectivity index (χ0v) is 11.0. The number of thioether (sulfide) groups is 1. The average Bonchev–Trinajstić information content (AvgIpc) is 2.65. The van der Waals surface area contributed by atoms with Crippen molar-refractivity contribution in [1.29, 1.82) is 0 Å². The summed E-state index contributed by atoms with van der Waals surface area (Å²) in [6.07, 6.45) is 3.31. The van der Waals surface area contributed by atoms with E-state index in [1.165, 1.54) is 0 Å². The molecule has 0 aromatic heterocycles. The summed E-state index contributed by atoms with van der Waals surface area (Å²) >= 11 is 1.76. The minimum atomic E-state index is -0.953. The number of aromatic carboxylic acids is 1. The lowest BCUT2D eigenvalue weighted by Gasteiger charge is -2.17. The maximum atomic E-state index is 11.9. The number of hydrogen-bond donors (Lipinski definition) is 1. The number of carbonyl (C=O) groups is 2. The van der Waals surface area contributed by atoms with Crippen molar-refractivity contribution < 1.29 is 14.7 Å². The molecule has 1 amide bonds. The van der Waals surface area contributed by atoms with E-state index < -0.39 is 5.97 Å². The van der Waals surface area contributed by atoms with Crippen LogP contribution in [0.25, 0.3) is 0 Å². The second-order valence-electron chi connectivity index (χ2n) is 4.22. The predicted molar refractivity (Wildman–Crippen MR) is 72.5 cm³/mol. The van der Waals surface area contributed by atoms with Crippen LogP contribution in [0.5, 0.6) is 0 Å². The van der Waals surface area contributed by atoms with Gasteiger partial charge in [0.2, 0.25) is 5.91 Å². The Morgan fingerprint density at radius 3 is 2.94 bits per heavy atom. The third-order valence-electron chi connectivity index (χ3n) is 2.99. The second-order valence-corrected chi connectivity index (χ2v) is 5.20. The highest BCUT2D eigenvalue weighted by atomic mass is 32.2.